The van der Waals surface area contributed by atoms with Crippen molar-refractivity contribution in [1.82, 2.24) is 0 Å². The average molecular weight is 651 g/mol. The van der Waals surface area contributed by atoms with E-state index in [0.717, 1.165) is 0 Å². The molecule has 7 aromatic rings. The third kappa shape index (κ3) is 8.05. The number of hydrogen-bond acceptors (Lipinski definition) is 2. The second-order valence-corrected chi connectivity index (χ2v) is 13.7. The van der Waals surface area contributed by atoms with Crippen molar-refractivity contribution in [2.24, 2.45) is 0 Å². The summed E-state index contributed by atoms with van der Waals surface area (Å²) >= 11 is 3.61. The Kier molecular flexibility index (Phi) is 9.95. The van der Waals surface area contributed by atoms with Gasteiger partial charge in [-0.25, -0.2) is 0 Å². The summed E-state index contributed by atoms with van der Waals surface area (Å²) in [5.41, 5.74) is 9.72. The number of benzene rings is 5. The molecule has 0 aliphatic rings. The van der Waals surface area contributed by atoms with Crippen molar-refractivity contribution < 1.29 is 0 Å². The first-order valence-electron chi connectivity index (χ1n) is 16.1. The van der Waals surface area contributed by atoms with Crippen LogP contribution in [0.2, 0.25) is 0 Å². The maximum Gasteiger partial charge on any atom is 0.0283 e. The lowest BCUT2D eigenvalue weighted by atomic mass is 9.97. The first kappa shape index (κ1) is 31.1. The van der Waals surface area contributed by atoms with E-state index in [1.807, 2.05) is 0 Å². The lowest BCUT2D eigenvalue weighted by Gasteiger charge is -2.08. The molecule has 5 aromatic carbocycles. The molecule has 0 radical (unpaired) electrons. The minimum Gasteiger partial charge on any atom is -0.136 e. The Hall–Kier alpha value is -5.54. The van der Waals surface area contributed by atoms with Crippen molar-refractivity contribution in [2.75, 3.05) is 0 Å². The molecule has 230 valence electrons. The Morgan fingerprint density at radius 3 is 0.896 bits per heavy atom. The van der Waals surface area contributed by atoms with Crippen LogP contribution in [0.1, 0.15) is 52.9 Å². The Labute approximate surface area is 291 Å². The second kappa shape index (κ2) is 15.4. The van der Waals surface area contributed by atoms with Gasteiger partial charge in [0.2, 0.25) is 0 Å². The van der Waals surface area contributed by atoms with Crippen molar-refractivity contribution >= 4 is 70.3 Å². The van der Waals surface area contributed by atoms with E-state index in [4.69, 9.17) is 0 Å². The summed E-state index contributed by atoms with van der Waals surface area (Å²) in [5, 5.41) is 0. The molecule has 0 bridgehead atoms. The van der Waals surface area contributed by atoms with E-state index in [0.29, 0.717) is 0 Å². The summed E-state index contributed by atoms with van der Waals surface area (Å²) in [7, 11) is 0. The van der Waals surface area contributed by atoms with Gasteiger partial charge in [0, 0.05) is 19.5 Å². The van der Waals surface area contributed by atoms with E-state index in [-0.39, 0.29) is 0 Å². The highest BCUT2D eigenvalue weighted by atomic mass is 32.1. The molecule has 0 atom stereocenters. The Morgan fingerprint density at radius 1 is 0.292 bits per heavy atom. The maximum absolute atomic E-state index is 2.30. The molecule has 0 amide bonds. The van der Waals surface area contributed by atoms with Gasteiger partial charge in [0.15, 0.2) is 0 Å². The molecule has 2 heteroatoms. The number of hydrogen-bond donors (Lipinski definition) is 0. The van der Waals surface area contributed by atoms with E-state index in [1.165, 1.54) is 64.0 Å². The first-order chi connectivity index (χ1) is 23.8. The van der Waals surface area contributed by atoms with Crippen LogP contribution < -0.4 is 0 Å². The Balaban J connectivity index is 1.02. The summed E-state index contributed by atoms with van der Waals surface area (Å²) in [4.78, 5) is 4.94. The predicted molar refractivity (Wildman–Crippen MR) is 213 cm³/mol. The van der Waals surface area contributed by atoms with Crippen LogP contribution in [-0.4, -0.2) is 0 Å². The van der Waals surface area contributed by atoms with Gasteiger partial charge in [-0.05, 0) is 93.1 Å². The Morgan fingerprint density at radius 2 is 0.583 bits per heavy atom. The third-order valence-electron chi connectivity index (χ3n) is 8.02. The highest BCUT2D eigenvalue weighted by molar-refractivity contribution is 7.14. The van der Waals surface area contributed by atoms with Gasteiger partial charge >= 0.3 is 0 Å². The summed E-state index contributed by atoms with van der Waals surface area (Å²) < 4.78 is 0. The number of thiophene rings is 2. The zero-order chi connectivity index (χ0) is 32.4. The smallest absolute Gasteiger partial charge is 0.0283 e. The van der Waals surface area contributed by atoms with Crippen LogP contribution in [0.25, 0.3) is 47.6 Å². The fourth-order valence-electron chi connectivity index (χ4n) is 5.57. The maximum atomic E-state index is 2.30. The van der Waals surface area contributed by atoms with Crippen LogP contribution in [-0.2, 0) is 0 Å². The molecule has 0 saturated heterocycles. The second-order valence-electron chi connectivity index (χ2n) is 11.4. The van der Waals surface area contributed by atoms with Crippen molar-refractivity contribution in [3.8, 4) is 0 Å². The summed E-state index contributed by atoms with van der Waals surface area (Å²) in [6.07, 6.45) is 13.4. The zero-order valence-corrected chi connectivity index (χ0v) is 28.1. The molecule has 0 N–H and O–H groups in total. The summed E-state index contributed by atoms with van der Waals surface area (Å²) in [5.74, 6) is 0. The van der Waals surface area contributed by atoms with Crippen molar-refractivity contribution in [1.29, 1.82) is 0 Å². The number of rotatable bonds is 10. The Bertz CT molecular complexity index is 1930. The zero-order valence-electron chi connectivity index (χ0n) is 26.4. The lowest BCUT2D eigenvalue weighted by molar-refractivity contribution is 1.56. The van der Waals surface area contributed by atoms with Gasteiger partial charge in [0.1, 0.15) is 0 Å². The van der Waals surface area contributed by atoms with Gasteiger partial charge in [0.25, 0.3) is 0 Å². The minimum absolute atomic E-state index is 1.19. The van der Waals surface area contributed by atoms with Gasteiger partial charge in [-0.2, -0.15) is 0 Å². The standard InChI is InChI=1S/C46H34S2/c1-5-13-37(14-6-1)45(38-15-7-2-8-16-38)33-43-31-29-41(47-43)27-25-35-21-23-36(24-22-35)26-28-42-30-32-44(48-42)34-46(39-17-9-3-10-18-39)40-19-11-4-12-20-40/h1-34H. The fourth-order valence-corrected chi connectivity index (χ4v) is 7.28. The van der Waals surface area contributed by atoms with Crippen LogP contribution in [0.15, 0.2) is 170 Å². The molecular formula is C46H34S2. The molecule has 48 heavy (non-hydrogen) atoms. The van der Waals surface area contributed by atoms with Gasteiger partial charge in [-0.1, -0.05) is 158 Å². The molecule has 0 spiro atoms. The van der Waals surface area contributed by atoms with E-state index in [2.05, 4.69) is 206 Å². The molecule has 7 rings (SSSR count). The molecule has 0 aliphatic carbocycles. The van der Waals surface area contributed by atoms with Crippen LogP contribution in [0.4, 0.5) is 0 Å². The summed E-state index contributed by atoms with van der Waals surface area (Å²) in [6, 6.07) is 60.0. The minimum atomic E-state index is 1.19. The molecule has 0 aliphatic heterocycles. The largest absolute Gasteiger partial charge is 0.136 e. The van der Waals surface area contributed by atoms with E-state index >= 15 is 0 Å². The molecule has 2 heterocycles. The monoisotopic (exact) mass is 650 g/mol. The molecule has 0 saturated carbocycles. The molecule has 0 unspecified atom stereocenters. The lowest BCUT2D eigenvalue weighted by Crippen LogP contribution is -1.86. The average Bonchev–Trinajstić information content (AvgIpc) is 3.82. The van der Waals surface area contributed by atoms with Gasteiger partial charge in [0.05, 0.1) is 0 Å². The predicted octanol–water partition coefficient (Wildman–Crippen LogP) is 13.3. The van der Waals surface area contributed by atoms with Gasteiger partial charge in [-0.15, -0.1) is 22.7 Å². The van der Waals surface area contributed by atoms with Crippen molar-refractivity contribution in [3.63, 3.8) is 0 Å². The molecular weight excluding hydrogens is 617 g/mol. The van der Waals surface area contributed by atoms with Gasteiger partial charge in [-0.3, -0.25) is 0 Å². The molecule has 0 nitrogen and oxygen atoms in total. The van der Waals surface area contributed by atoms with Crippen LogP contribution in [0, 0.1) is 0 Å². The van der Waals surface area contributed by atoms with E-state index < -0.39 is 0 Å². The van der Waals surface area contributed by atoms with Gasteiger partial charge < -0.3 is 0 Å². The normalized spacial score (nSPS) is 11.2. The van der Waals surface area contributed by atoms with Crippen LogP contribution in [0.3, 0.4) is 0 Å². The topological polar surface area (TPSA) is 0 Å². The van der Waals surface area contributed by atoms with E-state index in [9.17, 15) is 0 Å². The SMILES string of the molecule is C(=Cc1ccc(C=C(c2ccccc2)c2ccccc2)s1)c1ccc(C=Cc2ccc(C=C(c3ccccc3)c3ccccc3)s2)cc1. The highest BCUT2D eigenvalue weighted by Gasteiger charge is 2.07. The fraction of sp³-hybridized carbons (Fsp3) is 0. The quantitative estimate of drug-likeness (QED) is 0.138. The summed E-state index contributed by atoms with van der Waals surface area (Å²) in [6.45, 7) is 0. The molecule has 2 aromatic heterocycles. The highest BCUT2D eigenvalue weighted by Crippen LogP contribution is 2.31. The van der Waals surface area contributed by atoms with Crippen LogP contribution in [0.5, 0.6) is 0 Å². The first-order valence-corrected chi connectivity index (χ1v) is 17.7. The third-order valence-corrected chi connectivity index (χ3v) is 10.0. The van der Waals surface area contributed by atoms with Crippen molar-refractivity contribution in [3.05, 3.63) is 223 Å². The van der Waals surface area contributed by atoms with E-state index in [1.54, 1.807) is 22.7 Å². The molecule has 0 fully saturated rings. The van der Waals surface area contributed by atoms with Crippen molar-refractivity contribution in [2.45, 2.75) is 0 Å². The van der Waals surface area contributed by atoms with Crippen LogP contribution >= 0.6 is 22.7 Å².